The van der Waals surface area contributed by atoms with E-state index in [1.165, 1.54) is 129 Å². The summed E-state index contributed by atoms with van der Waals surface area (Å²) in [5.74, 6) is 0. The van der Waals surface area contributed by atoms with Gasteiger partial charge >= 0.3 is 6.85 Å². The number of hydrogen-bond donors (Lipinski definition) is 0. The van der Waals surface area contributed by atoms with Crippen LogP contribution in [0.15, 0.2) is 95.4 Å². The molecule has 69 heavy (non-hydrogen) atoms. The van der Waals surface area contributed by atoms with Crippen molar-refractivity contribution in [3.8, 4) is 27.9 Å². The normalized spacial score (nSPS) is 19.6. The second-order valence-corrected chi connectivity index (χ2v) is 27.5. The second-order valence-electron chi connectivity index (χ2n) is 27.5. The third-order valence-corrected chi connectivity index (χ3v) is 18.8. The summed E-state index contributed by atoms with van der Waals surface area (Å²) in [6, 6.07) is 36.7. The van der Waals surface area contributed by atoms with Crippen LogP contribution in [-0.2, 0) is 37.9 Å². The molecule has 5 aliphatic rings. The Morgan fingerprint density at radius 2 is 1.10 bits per heavy atom. The molecule has 2 aliphatic heterocycles. The third-order valence-electron chi connectivity index (χ3n) is 18.8. The van der Waals surface area contributed by atoms with Crippen molar-refractivity contribution in [1.82, 2.24) is 4.57 Å². The van der Waals surface area contributed by atoms with Crippen LogP contribution >= 0.6 is 0 Å². The monoisotopic (exact) mass is 907 g/mol. The number of anilines is 2. The highest BCUT2D eigenvalue weighted by Crippen LogP contribution is 2.61. The lowest BCUT2D eigenvalue weighted by atomic mass is 9.45. The van der Waals surface area contributed by atoms with Crippen LogP contribution in [0.3, 0.4) is 0 Å². The quantitative estimate of drug-likeness (QED) is 0.153. The van der Waals surface area contributed by atoms with Gasteiger partial charge in [-0.25, -0.2) is 0 Å². The molecule has 13 rings (SSSR count). The Kier molecular flexibility index (Phi) is 8.25. The lowest BCUT2D eigenvalue weighted by Gasteiger charge is -2.46. The van der Waals surface area contributed by atoms with Crippen molar-refractivity contribution in [3.63, 3.8) is 0 Å². The predicted octanol–water partition coefficient (Wildman–Crippen LogP) is 16.4. The molecule has 4 heteroatoms. The Labute approximate surface area is 411 Å². The molecule has 0 spiro atoms. The van der Waals surface area contributed by atoms with Gasteiger partial charge in [0.2, 0.25) is 0 Å². The molecule has 0 bridgehead atoms. The molecule has 0 radical (unpaired) electrons. The zero-order chi connectivity index (χ0) is 48.7. The summed E-state index contributed by atoms with van der Waals surface area (Å²) in [6.45, 7) is 38.7. The van der Waals surface area contributed by atoms with E-state index in [4.69, 9.17) is 4.42 Å². The highest BCUT2D eigenvalue weighted by Gasteiger charge is 2.53. The predicted molar refractivity (Wildman–Crippen MR) is 295 cm³/mol. The second kappa shape index (κ2) is 13.1. The number of rotatable bonds is 1. The smallest absolute Gasteiger partial charge is 0.375 e. The van der Waals surface area contributed by atoms with Crippen molar-refractivity contribution >= 4 is 62.1 Å². The van der Waals surface area contributed by atoms with Gasteiger partial charge in [0, 0.05) is 38.5 Å². The first-order valence-electron chi connectivity index (χ1n) is 26.2. The highest BCUT2D eigenvalue weighted by atomic mass is 16.3. The molecule has 3 aliphatic carbocycles. The molecule has 0 atom stereocenters. The summed E-state index contributed by atoms with van der Waals surface area (Å²) in [4.78, 5) is 2.73. The average molecular weight is 907 g/mol. The molecular formula is C65H71BN2O. The van der Waals surface area contributed by atoms with Gasteiger partial charge in [0.05, 0.1) is 16.7 Å². The van der Waals surface area contributed by atoms with Crippen molar-refractivity contribution in [2.24, 2.45) is 0 Å². The lowest BCUT2D eigenvalue weighted by molar-refractivity contribution is 0.332. The minimum absolute atomic E-state index is 0.0238. The fourth-order valence-corrected chi connectivity index (χ4v) is 14.3. The number of benzene rings is 6. The van der Waals surface area contributed by atoms with E-state index >= 15 is 0 Å². The fraction of sp³-hybridized carbons (Fsp3) is 0.415. The van der Waals surface area contributed by atoms with Gasteiger partial charge in [-0.1, -0.05) is 153 Å². The summed E-state index contributed by atoms with van der Waals surface area (Å²) in [6.07, 6.45) is 4.66. The maximum absolute atomic E-state index is 7.64. The van der Waals surface area contributed by atoms with E-state index in [1.54, 1.807) is 0 Å². The van der Waals surface area contributed by atoms with Crippen LogP contribution in [0.5, 0.6) is 0 Å². The molecule has 2 aromatic heterocycles. The molecule has 350 valence electrons. The van der Waals surface area contributed by atoms with Crippen LogP contribution < -0.4 is 15.9 Å². The first-order chi connectivity index (χ1) is 32.2. The van der Waals surface area contributed by atoms with Gasteiger partial charge < -0.3 is 13.8 Å². The van der Waals surface area contributed by atoms with E-state index in [0.717, 1.165) is 24.1 Å². The van der Waals surface area contributed by atoms with Gasteiger partial charge in [-0.3, -0.25) is 0 Å². The molecule has 4 heterocycles. The SMILES string of the molecule is CC(C)(C)c1ccc(N2B3c4oc5ccc(C(C)(C)C)cc5c4-n4c5cc6c(cc5c5c7c(c(c3c54)-c3cc4c(cc32)C(C)(C)CCC4(C)C)-c2ccccc2C7(C)C)C(C)(C)CCC6(C)C)cc1. The van der Waals surface area contributed by atoms with E-state index in [1.807, 2.05) is 0 Å². The highest BCUT2D eigenvalue weighted by molar-refractivity contribution is 6.93. The van der Waals surface area contributed by atoms with E-state index in [9.17, 15) is 0 Å². The molecule has 6 aromatic carbocycles. The van der Waals surface area contributed by atoms with E-state index < -0.39 is 0 Å². The van der Waals surface area contributed by atoms with Gasteiger partial charge in [0.15, 0.2) is 0 Å². The van der Waals surface area contributed by atoms with Crippen LogP contribution in [0.2, 0.25) is 0 Å². The number of hydrogen-bond acceptors (Lipinski definition) is 2. The van der Waals surface area contributed by atoms with Gasteiger partial charge in [-0.05, 0) is 173 Å². The van der Waals surface area contributed by atoms with Crippen LogP contribution in [0.25, 0.3) is 60.7 Å². The Balaban J connectivity index is 1.30. The average Bonchev–Trinajstić information content (AvgIpc) is 3.90. The summed E-state index contributed by atoms with van der Waals surface area (Å²) in [7, 11) is 0. The topological polar surface area (TPSA) is 21.3 Å². The van der Waals surface area contributed by atoms with Crippen molar-refractivity contribution in [3.05, 3.63) is 136 Å². The summed E-state index contributed by atoms with van der Waals surface area (Å²) < 4.78 is 10.4. The first kappa shape index (κ1) is 43.5. The maximum Gasteiger partial charge on any atom is 0.375 e. The number of fused-ring (bicyclic) bond motifs is 17. The van der Waals surface area contributed by atoms with Gasteiger partial charge in [-0.15, -0.1) is 0 Å². The van der Waals surface area contributed by atoms with Crippen molar-refractivity contribution in [1.29, 1.82) is 0 Å². The van der Waals surface area contributed by atoms with Gasteiger partial charge in [0.1, 0.15) is 11.2 Å². The third kappa shape index (κ3) is 5.58. The number of aromatic nitrogens is 1. The number of furan rings is 1. The molecule has 0 fully saturated rings. The largest absolute Gasteiger partial charge is 0.466 e. The molecule has 0 N–H and O–H groups in total. The van der Waals surface area contributed by atoms with E-state index in [-0.39, 0.29) is 44.8 Å². The van der Waals surface area contributed by atoms with Crippen molar-refractivity contribution < 1.29 is 4.42 Å². The molecule has 0 amide bonds. The first-order valence-corrected chi connectivity index (χ1v) is 26.2. The van der Waals surface area contributed by atoms with Crippen LogP contribution in [0.4, 0.5) is 11.4 Å². The molecule has 0 saturated heterocycles. The standard InChI is InChI=1S/C65H71BN2O/c1-59(2,3)36-21-24-38(25-22-36)68-49-35-47-45(62(9,10)28-30-64(47,13)14)33-41(49)52-51-39-19-17-18-20-43(39)65(15,16)54(51)53-40-32-44-46(63(11,12)29-27-61(44,7)8)34-48(40)67-56-42-31-37(60(4,5)6)23-26-50(42)69-58(56)66(68)55(52)57(53)67/h17-26,31-35H,27-30H2,1-16H3. The Morgan fingerprint density at radius 1 is 0.536 bits per heavy atom. The zero-order valence-corrected chi connectivity index (χ0v) is 44.4. The van der Waals surface area contributed by atoms with Crippen LogP contribution in [0.1, 0.15) is 181 Å². The Hall–Kier alpha value is -5.48. The minimum atomic E-state index is -0.256. The summed E-state index contributed by atoms with van der Waals surface area (Å²) >= 11 is 0. The molecule has 3 nitrogen and oxygen atoms in total. The molecule has 8 aromatic rings. The van der Waals surface area contributed by atoms with E-state index in [0.29, 0.717) is 0 Å². The maximum atomic E-state index is 7.64. The molecule has 0 unspecified atom stereocenters. The van der Waals surface area contributed by atoms with Crippen LogP contribution in [-0.4, -0.2) is 11.4 Å². The summed E-state index contributed by atoms with van der Waals surface area (Å²) in [5.41, 5.74) is 26.7. The molecular weight excluding hydrogens is 836 g/mol. The zero-order valence-electron chi connectivity index (χ0n) is 44.4. The lowest BCUT2D eigenvalue weighted by Crippen LogP contribution is -2.60. The van der Waals surface area contributed by atoms with Crippen LogP contribution in [0, 0.1) is 0 Å². The Morgan fingerprint density at radius 3 is 1.72 bits per heavy atom. The van der Waals surface area contributed by atoms with Crippen molar-refractivity contribution in [2.45, 2.75) is 174 Å². The molecule has 0 saturated carbocycles. The van der Waals surface area contributed by atoms with Crippen molar-refractivity contribution in [2.75, 3.05) is 4.81 Å². The van der Waals surface area contributed by atoms with Gasteiger partial charge in [0.25, 0.3) is 0 Å². The number of nitrogens with zero attached hydrogens (tertiary/aromatic N) is 2. The van der Waals surface area contributed by atoms with Gasteiger partial charge in [-0.2, -0.15) is 0 Å². The Bertz CT molecular complexity index is 3610. The minimum Gasteiger partial charge on any atom is -0.466 e. The summed E-state index contributed by atoms with van der Waals surface area (Å²) in [5, 5.41) is 4.00. The van der Waals surface area contributed by atoms with E-state index in [2.05, 4.69) is 211 Å². The fourth-order valence-electron chi connectivity index (χ4n) is 14.3.